The Balaban J connectivity index is 2.43. The highest BCUT2D eigenvalue weighted by Gasteiger charge is 2.53. The lowest BCUT2D eigenvalue weighted by Gasteiger charge is -2.31. The first kappa shape index (κ1) is 11.2. The van der Waals surface area contributed by atoms with Crippen LogP contribution in [0.4, 0.5) is 0 Å². The summed E-state index contributed by atoms with van der Waals surface area (Å²) in [5, 5.41) is 0. The van der Waals surface area contributed by atoms with Crippen LogP contribution in [0.1, 0.15) is 37.8 Å². The molecule has 1 aliphatic carbocycles. The van der Waals surface area contributed by atoms with Gasteiger partial charge in [-0.15, -0.1) is 0 Å². The van der Waals surface area contributed by atoms with E-state index in [2.05, 4.69) is 54.9 Å². The summed E-state index contributed by atoms with van der Waals surface area (Å²) in [6, 6.07) is 6.63. The van der Waals surface area contributed by atoms with E-state index in [-0.39, 0.29) is 11.0 Å². The van der Waals surface area contributed by atoms with Crippen molar-refractivity contribution in [3.8, 4) is 0 Å². The van der Waals surface area contributed by atoms with Gasteiger partial charge in [-0.25, -0.2) is 0 Å². The summed E-state index contributed by atoms with van der Waals surface area (Å²) in [5.74, 6) is 0. The molecule has 0 saturated heterocycles. The highest BCUT2D eigenvalue weighted by molar-refractivity contribution is 9.10. The molecule has 0 atom stereocenters. The molecule has 0 bridgehead atoms. The third-order valence-corrected chi connectivity index (χ3v) is 4.56. The Labute approximate surface area is 100 Å². The van der Waals surface area contributed by atoms with Gasteiger partial charge in [0.2, 0.25) is 0 Å². The minimum Gasteiger partial charge on any atom is -0.325 e. The first-order valence-electron chi connectivity index (χ1n) is 5.42. The molecule has 2 heteroatoms. The van der Waals surface area contributed by atoms with Gasteiger partial charge < -0.3 is 5.73 Å². The summed E-state index contributed by atoms with van der Waals surface area (Å²) in [7, 11) is 0. The van der Waals surface area contributed by atoms with Crippen molar-refractivity contribution in [1.29, 1.82) is 0 Å². The predicted octanol–water partition coefficient (Wildman–Crippen LogP) is 3.53. The molecular weight excluding hydrogens is 250 g/mol. The number of hydrogen-bond donors (Lipinski definition) is 1. The van der Waals surface area contributed by atoms with Crippen LogP contribution in [0, 0.1) is 6.92 Å². The van der Waals surface area contributed by atoms with E-state index in [0.29, 0.717) is 0 Å². The summed E-state index contributed by atoms with van der Waals surface area (Å²) < 4.78 is 1.19. The number of rotatable bonds is 2. The first-order valence-corrected chi connectivity index (χ1v) is 6.22. The Morgan fingerprint density at radius 2 is 1.93 bits per heavy atom. The zero-order chi connectivity index (χ0) is 11.3. The molecule has 2 N–H and O–H groups in total. The molecule has 15 heavy (non-hydrogen) atoms. The number of aryl methyl sites for hydroxylation is 1. The molecule has 0 heterocycles. The maximum Gasteiger partial charge on any atom is 0.0207 e. The monoisotopic (exact) mass is 267 g/mol. The molecule has 1 aromatic rings. The average molecular weight is 268 g/mol. The van der Waals surface area contributed by atoms with Crippen molar-refractivity contribution in [3.63, 3.8) is 0 Å². The van der Waals surface area contributed by atoms with Crippen molar-refractivity contribution in [2.45, 2.75) is 44.6 Å². The smallest absolute Gasteiger partial charge is 0.0207 e. The average Bonchev–Trinajstić information content (AvgIpc) is 2.88. The van der Waals surface area contributed by atoms with E-state index in [1.165, 1.54) is 28.4 Å². The third kappa shape index (κ3) is 1.74. The number of hydrogen-bond acceptors (Lipinski definition) is 1. The summed E-state index contributed by atoms with van der Waals surface area (Å²) in [4.78, 5) is 0. The zero-order valence-electron chi connectivity index (χ0n) is 9.60. The molecule has 1 saturated carbocycles. The largest absolute Gasteiger partial charge is 0.325 e. The molecule has 82 valence electrons. The van der Waals surface area contributed by atoms with Gasteiger partial charge in [0.25, 0.3) is 0 Å². The van der Waals surface area contributed by atoms with Crippen molar-refractivity contribution in [2.75, 3.05) is 0 Å². The molecular formula is C13H18BrN. The van der Waals surface area contributed by atoms with Gasteiger partial charge >= 0.3 is 0 Å². The van der Waals surface area contributed by atoms with Gasteiger partial charge in [0.15, 0.2) is 0 Å². The van der Waals surface area contributed by atoms with Gasteiger partial charge in [-0.05, 0) is 50.8 Å². The molecule has 0 radical (unpaired) electrons. The molecule has 0 spiro atoms. The second-order valence-electron chi connectivity index (χ2n) is 5.27. The van der Waals surface area contributed by atoms with Gasteiger partial charge in [0.05, 0.1) is 0 Å². The number of nitrogens with two attached hydrogens (primary N) is 1. The van der Waals surface area contributed by atoms with E-state index >= 15 is 0 Å². The van der Waals surface area contributed by atoms with Crippen LogP contribution >= 0.6 is 15.9 Å². The van der Waals surface area contributed by atoms with E-state index in [4.69, 9.17) is 5.73 Å². The van der Waals surface area contributed by atoms with Crippen LogP contribution in [-0.2, 0) is 5.41 Å². The molecule has 0 unspecified atom stereocenters. The number of benzene rings is 1. The Morgan fingerprint density at radius 3 is 2.33 bits per heavy atom. The first-order chi connectivity index (χ1) is 6.87. The minimum atomic E-state index is -0.123. The van der Waals surface area contributed by atoms with Crippen LogP contribution in [0.3, 0.4) is 0 Å². The van der Waals surface area contributed by atoms with Crippen LogP contribution in [0.5, 0.6) is 0 Å². The standard InChI is InChI=1S/C13H18BrN/c1-9-4-5-10(8-11(9)14)13(6-7-13)12(2,3)15/h4-5,8H,6-7,15H2,1-3H3. The highest BCUT2D eigenvalue weighted by atomic mass is 79.9. The van der Waals surface area contributed by atoms with Crippen LogP contribution in [-0.4, -0.2) is 5.54 Å². The van der Waals surface area contributed by atoms with Gasteiger partial charge in [0.1, 0.15) is 0 Å². The van der Waals surface area contributed by atoms with Crippen LogP contribution in [0.15, 0.2) is 22.7 Å². The Hall–Kier alpha value is -0.340. The quantitative estimate of drug-likeness (QED) is 0.872. The Kier molecular flexibility index (Phi) is 2.47. The van der Waals surface area contributed by atoms with Crippen molar-refractivity contribution < 1.29 is 0 Å². The van der Waals surface area contributed by atoms with Crippen molar-refractivity contribution in [1.82, 2.24) is 0 Å². The third-order valence-electron chi connectivity index (χ3n) is 3.71. The van der Waals surface area contributed by atoms with E-state index < -0.39 is 0 Å². The molecule has 2 rings (SSSR count). The normalized spacial score (nSPS) is 19.0. The lowest BCUT2D eigenvalue weighted by atomic mass is 9.79. The fourth-order valence-electron chi connectivity index (χ4n) is 2.32. The maximum absolute atomic E-state index is 6.28. The van der Waals surface area contributed by atoms with Gasteiger partial charge in [0, 0.05) is 15.4 Å². The van der Waals surface area contributed by atoms with Crippen LogP contribution in [0.2, 0.25) is 0 Å². The van der Waals surface area contributed by atoms with Gasteiger partial charge in [-0.3, -0.25) is 0 Å². The van der Waals surface area contributed by atoms with E-state index in [1.54, 1.807) is 0 Å². The SMILES string of the molecule is Cc1ccc(C2(C(C)(C)N)CC2)cc1Br. The van der Waals surface area contributed by atoms with Crippen molar-refractivity contribution >= 4 is 15.9 Å². The molecule has 1 aliphatic rings. The lowest BCUT2D eigenvalue weighted by Crippen LogP contribution is -2.45. The number of halogens is 1. The van der Waals surface area contributed by atoms with E-state index in [0.717, 1.165) is 0 Å². The molecule has 1 fully saturated rings. The van der Waals surface area contributed by atoms with Crippen molar-refractivity contribution in [3.05, 3.63) is 33.8 Å². The molecule has 0 amide bonds. The fraction of sp³-hybridized carbons (Fsp3) is 0.538. The van der Waals surface area contributed by atoms with Crippen LogP contribution in [0.25, 0.3) is 0 Å². The van der Waals surface area contributed by atoms with Gasteiger partial charge in [-0.2, -0.15) is 0 Å². The molecule has 1 aromatic carbocycles. The predicted molar refractivity (Wildman–Crippen MR) is 68.1 cm³/mol. The van der Waals surface area contributed by atoms with Crippen LogP contribution < -0.4 is 5.73 Å². The Morgan fingerprint density at radius 1 is 1.33 bits per heavy atom. The minimum absolute atomic E-state index is 0.123. The lowest BCUT2D eigenvalue weighted by molar-refractivity contribution is 0.391. The Bertz CT molecular complexity index is 386. The summed E-state index contributed by atoms with van der Waals surface area (Å²) >= 11 is 3.59. The van der Waals surface area contributed by atoms with Crippen molar-refractivity contribution in [2.24, 2.45) is 5.73 Å². The van der Waals surface area contributed by atoms with E-state index in [1.807, 2.05) is 0 Å². The van der Waals surface area contributed by atoms with E-state index in [9.17, 15) is 0 Å². The molecule has 1 nitrogen and oxygen atoms in total. The molecule has 0 aliphatic heterocycles. The topological polar surface area (TPSA) is 26.0 Å². The summed E-state index contributed by atoms with van der Waals surface area (Å²) in [6.45, 7) is 6.38. The van der Waals surface area contributed by atoms with Gasteiger partial charge in [-0.1, -0.05) is 28.1 Å². The second-order valence-corrected chi connectivity index (χ2v) is 6.12. The maximum atomic E-state index is 6.28. The summed E-state index contributed by atoms with van der Waals surface area (Å²) in [5.41, 5.74) is 9.03. The highest BCUT2D eigenvalue weighted by Crippen LogP contribution is 2.55. The summed E-state index contributed by atoms with van der Waals surface area (Å²) in [6.07, 6.45) is 2.43. The zero-order valence-corrected chi connectivity index (χ0v) is 11.2. The molecule has 0 aromatic heterocycles. The fourth-order valence-corrected chi connectivity index (χ4v) is 2.70. The second kappa shape index (κ2) is 3.33.